The Morgan fingerprint density at radius 1 is 1.23 bits per heavy atom. The van der Waals surface area contributed by atoms with Crippen molar-refractivity contribution in [2.45, 2.75) is 0 Å². The van der Waals surface area contributed by atoms with E-state index < -0.39 is 13.8 Å². The molecule has 0 fully saturated rings. The quantitative estimate of drug-likeness (QED) is 0.665. The maximum atomic E-state index is 12.0. The van der Waals surface area contributed by atoms with Crippen LogP contribution in [0.15, 0.2) is 30.7 Å². The molecule has 4 rings (SSSR count). The molecule has 0 aliphatic carbocycles. The molecule has 2 aromatic rings. The summed E-state index contributed by atoms with van der Waals surface area (Å²) in [6.07, 6.45) is 5.57. The predicted molar refractivity (Wildman–Crippen MR) is 73.3 cm³/mol. The van der Waals surface area contributed by atoms with Gasteiger partial charge in [0.1, 0.15) is 11.3 Å². The molecule has 2 aromatic heterocycles. The summed E-state index contributed by atoms with van der Waals surface area (Å²) >= 11 is 0. The molecule has 0 spiro atoms. The van der Waals surface area contributed by atoms with Crippen LogP contribution in [0.1, 0.15) is 21.6 Å². The summed E-state index contributed by atoms with van der Waals surface area (Å²) in [5.74, 6) is -0.898. The van der Waals surface area contributed by atoms with Gasteiger partial charge in [0.25, 0.3) is 0 Å². The van der Waals surface area contributed by atoms with Crippen LogP contribution in [0, 0.1) is 0 Å². The van der Waals surface area contributed by atoms with Gasteiger partial charge in [-0.2, -0.15) is 4.57 Å². The summed E-state index contributed by atoms with van der Waals surface area (Å²) in [6, 6.07) is 3.19. The lowest BCUT2D eigenvalue weighted by Crippen LogP contribution is -2.13. The van der Waals surface area contributed by atoms with E-state index in [0.29, 0.717) is 5.56 Å². The first-order chi connectivity index (χ1) is 10.6. The number of nitrogens with zero attached hydrogens (tertiary/aromatic N) is 2. The van der Waals surface area contributed by atoms with Crippen molar-refractivity contribution in [1.29, 1.82) is 0 Å². The number of hydrogen-bond acceptors (Lipinski definition) is 8. The van der Waals surface area contributed by atoms with Crippen molar-refractivity contribution in [2.24, 2.45) is 0 Å². The molecule has 1 atom stereocenters. The van der Waals surface area contributed by atoms with Crippen LogP contribution in [-0.2, 0) is 9.09 Å². The van der Waals surface area contributed by atoms with Crippen molar-refractivity contribution in [3.8, 4) is 11.5 Å². The van der Waals surface area contributed by atoms with Crippen LogP contribution in [0.3, 0.4) is 0 Å². The molecule has 22 heavy (non-hydrogen) atoms. The van der Waals surface area contributed by atoms with Gasteiger partial charge in [-0.15, -0.1) is 0 Å². The number of aliphatic hydroxyl groups excluding tert-OH is 1. The third kappa shape index (κ3) is 1.85. The normalized spacial score (nSPS) is 21.8. The molecule has 0 radical (unpaired) electrons. The van der Waals surface area contributed by atoms with E-state index in [1.54, 1.807) is 12.1 Å². The van der Waals surface area contributed by atoms with Crippen molar-refractivity contribution in [3.05, 3.63) is 47.5 Å². The molecular formula is C13H7N2O6P. The van der Waals surface area contributed by atoms with Gasteiger partial charge in [-0.1, -0.05) is 0 Å². The minimum Gasteiger partial charge on any atom is -0.507 e. The molecule has 0 saturated carbocycles. The summed E-state index contributed by atoms with van der Waals surface area (Å²) in [4.78, 5) is 19.8. The first-order valence-corrected chi connectivity index (χ1v) is 7.59. The van der Waals surface area contributed by atoms with E-state index in [4.69, 9.17) is 9.05 Å². The van der Waals surface area contributed by atoms with Crippen LogP contribution in [0.5, 0.6) is 11.5 Å². The number of aromatic nitrogens is 2. The van der Waals surface area contributed by atoms with E-state index in [-0.39, 0.29) is 28.5 Å². The van der Waals surface area contributed by atoms with Gasteiger partial charge in [0.05, 0.1) is 11.9 Å². The number of phosphoric acid groups is 1. The predicted octanol–water partition coefficient (Wildman–Crippen LogP) is 2.58. The molecule has 4 heterocycles. The van der Waals surface area contributed by atoms with E-state index in [9.17, 15) is 14.5 Å². The number of rotatable bonds is 2. The van der Waals surface area contributed by atoms with Crippen LogP contribution < -0.4 is 9.05 Å². The lowest BCUT2D eigenvalue weighted by molar-refractivity contribution is 0.0678. The van der Waals surface area contributed by atoms with Crippen LogP contribution in [0.4, 0.5) is 0 Å². The second-order valence-corrected chi connectivity index (χ2v) is 5.93. The Bertz CT molecular complexity index is 880. The molecule has 1 unspecified atom stereocenters. The number of pyridine rings is 2. The lowest BCUT2D eigenvalue weighted by atomic mass is 10.1. The molecule has 8 nitrogen and oxygen atoms in total. The maximum Gasteiger partial charge on any atom is 0.649 e. The summed E-state index contributed by atoms with van der Waals surface area (Å²) < 4.78 is 26.5. The zero-order valence-electron chi connectivity index (χ0n) is 10.8. The Hall–Kier alpha value is -2.86. The number of hydrogen-bond donors (Lipinski definition) is 1. The summed E-state index contributed by atoms with van der Waals surface area (Å²) in [7, 11) is -3.91. The maximum absolute atomic E-state index is 12.0. The van der Waals surface area contributed by atoms with Gasteiger partial charge in [-0.25, -0.2) is 4.79 Å². The van der Waals surface area contributed by atoms with Crippen molar-refractivity contribution < 1.29 is 28.0 Å². The summed E-state index contributed by atoms with van der Waals surface area (Å²) in [6.45, 7) is 0. The zero-order chi connectivity index (χ0) is 15.3. The van der Waals surface area contributed by atoms with E-state index in [2.05, 4.69) is 14.5 Å². The van der Waals surface area contributed by atoms with E-state index in [1.165, 1.54) is 24.7 Å². The fourth-order valence-electron chi connectivity index (χ4n) is 2.12. The third-order valence-electron chi connectivity index (χ3n) is 3.09. The van der Waals surface area contributed by atoms with Gasteiger partial charge in [0.15, 0.2) is 11.5 Å². The number of carbonyl (C=O) groups excluding carboxylic acids is 1. The highest BCUT2D eigenvalue weighted by Crippen LogP contribution is 2.63. The fraction of sp³-hybridized carbons (Fsp3) is 0. The second kappa shape index (κ2) is 4.32. The van der Waals surface area contributed by atoms with Gasteiger partial charge in [-0.05, 0) is 12.1 Å². The minimum atomic E-state index is -3.91. The summed E-state index contributed by atoms with van der Waals surface area (Å²) in [5, 5.41) is 10.1. The molecule has 1 N–H and O–H groups in total. The van der Waals surface area contributed by atoms with Gasteiger partial charge >= 0.3 is 13.8 Å². The van der Waals surface area contributed by atoms with E-state index in [0.717, 1.165) is 0 Å². The first kappa shape index (κ1) is 12.8. The molecule has 0 saturated heterocycles. The van der Waals surface area contributed by atoms with Gasteiger partial charge in [0, 0.05) is 24.0 Å². The number of phosphoric ester groups is 1. The second-order valence-electron chi connectivity index (χ2n) is 4.49. The van der Waals surface area contributed by atoms with Crippen molar-refractivity contribution >= 4 is 25.6 Å². The standard InChI is InChI=1S/C13H7N2O6P/c16-9(7-1-3-14-4-2-7)5-8-11-12-10(6-15-8)19-22(18,20-12)21-13(11)17/h1-6,16H/b9-5-. The first-order valence-electron chi connectivity index (χ1n) is 6.13. The van der Waals surface area contributed by atoms with E-state index >= 15 is 0 Å². The topological polar surface area (TPSA) is 108 Å². The Kier molecular flexibility index (Phi) is 2.52. The molecule has 9 heteroatoms. The Balaban J connectivity index is 1.85. The molecule has 2 aliphatic heterocycles. The number of carbonyl (C=O) groups is 1. The highest BCUT2D eigenvalue weighted by Gasteiger charge is 2.51. The van der Waals surface area contributed by atoms with E-state index in [1.807, 2.05) is 0 Å². The highest BCUT2D eigenvalue weighted by molar-refractivity contribution is 7.50. The smallest absolute Gasteiger partial charge is 0.507 e. The lowest BCUT2D eigenvalue weighted by Gasteiger charge is -2.14. The van der Waals surface area contributed by atoms with Crippen LogP contribution in [-0.4, -0.2) is 21.0 Å². The molecule has 110 valence electrons. The SMILES string of the molecule is O=C1OP2(=O)Oc3cnc(/C=C(\O)c4ccncc4)c1c3O2. The molecule has 0 aromatic carbocycles. The molecular weight excluding hydrogens is 311 g/mol. The van der Waals surface area contributed by atoms with Gasteiger partial charge in [0.2, 0.25) is 0 Å². The Morgan fingerprint density at radius 3 is 2.77 bits per heavy atom. The summed E-state index contributed by atoms with van der Waals surface area (Å²) in [5.41, 5.74) is 0.577. The highest BCUT2D eigenvalue weighted by atomic mass is 31.2. The van der Waals surface area contributed by atoms with Crippen molar-refractivity contribution in [2.75, 3.05) is 0 Å². The van der Waals surface area contributed by atoms with Crippen LogP contribution >= 0.6 is 7.82 Å². The van der Waals surface area contributed by atoms with Gasteiger partial charge in [-0.3, -0.25) is 9.97 Å². The van der Waals surface area contributed by atoms with Gasteiger partial charge < -0.3 is 18.7 Å². The average molecular weight is 318 g/mol. The average Bonchev–Trinajstić information content (AvgIpc) is 2.80. The monoisotopic (exact) mass is 318 g/mol. The number of aliphatic hydroxyl groups is 1. The van der Waals surface area contributed by atoms with Crippen LogP contribution in [0.25, 0.3) is 11.8 Å². The minimum absolute atomic E-state index is 0.0170. The Morgan fingerprint density at radius 2 is 2.00 bits per heavy atom. The zero-order valence-corrected chi connectivity index (χ0v) is 11.7. The number of fused-ring (bicyclic) bond motifs is 1. The Labute approximate surface area is 123 Å². The largest absolute Gasteiger partial charge is 0.649 e. The van der Waals surface area contributed by atoms with Crippen LogP contribution in [0.2, 0.25) is 0 Å². The third-order valence-corrected chi connectivity index (χ3v) is 4.31. The molecule has 2 bridgehead atoms. The van der Waals surface area contributed by atoms with Crippen molar-refractivity contribution in [1.82, 2.24) is 9.97 Å². The fourth-order valence-corrected chi connectivity index (χ4v) is 3.31. The molecule has 2 aliphatic rings. The molecule has 0 amide bonds. The van der Waals surface area contributed by atoms with Crippen molar-refractivity contribution in [3.63, 3.8) is 0 Å².